The van der Waals surface area contributed by atoms with Gasteiger partial charge in [-0.2, -0.15) is 0 Å². The van der Waals surface area contributed by atoms with Crippen LogP contribution in [0.4, 0.5) is 0 Å². The molecule has 0 aromatic rings. The van der Waals surface area contributed by atoms with Crippen molar-refractivity contribution in [3.8, 4) is 0 Å². The molecule has 0 heteroatoms. The molecule has 0 saturated carbocycles. The van der Waals surface area contributed by atoms with Crippen LogP contribution in [0, 0.1) is 11.8 Å². The molecular weight excluding hydrogens is 300 g/mol. The van der Waals surface area contributed by atoms with Crippen molar-refractivity contribution in [3.05, 3.63) is 0 Å². The normalized spacial score (nSPS) is 13.9. The minimum absolute atomic E-state index is 0.956. The van der Waals surface area contributed by atoms with Crippen molar-refractivity contribution in [2.24, 2.45) is 11.8 Å². The molecule has 152 valence electrons. The van der Waals surface area contributed by atoms with Gasteiger partial charge in [-0.3, -0.25) is 0 Å². The second-order valence-electron chi connectivity index (χ2n) is 8.82. The lowest BCUT2D eigenvalue weighted by molar-refractivity contribution is 0.313. The summed E-state index contributed by atoms with van der Waals surface area (Å²) >= 11 is 0. The van der Waals surface area contributed by atoms with Crippen molar-refractivity contribution in [1.82, 2.24) is 0 Å². The molecule has 0 aliphatic carbocycles. The maximum Gasteiger partial charge on any atom is -0.0412 e. The van der Waals surface area contributed by atoms with Crippen LogP contribution in [-0.4, -0.2) is 0 Å². The highest BCUT2D eigenvalue weighted by Gasteiger charge is 2.13. The molecule has 0 aromatic heterocycles. The summed E-state index contributed by atoms with van der Waals surface area (Å²) in [4.78, 5) is 0. The summed E-state index contributed by atoms with van der Waals surface area (Å²) in [5, 5.41) is 0. The summed E-state index contributed by atoms with van der Waals surface area (Å²) in [5.74, 6) is 1.98. The Hall–Kier alpha value is 0. The topological polar surface area (TPSA) is 0 Å². The first-order valence-electron chi connectivity index (χ1n) is 12.2. The second-order valence-corrected chi connectivity index (χ2v) is 8.82. The van der Waals surface area contributed by atoms with Gasteiger partial charge in [0.2, 0.25) is 0 Å². The van der Waals surface area contributed by atoms with Crippen molar-refractivity contribution < 1.29 is 0 Å². The molecule has 0 aromatic carbocycles. The van der Waals surface area contributed by atoms with E-state index in [-0.39, 0.29) is 0 Å². The maximum atomic E-state index is 2.53. The Morgan fingerprint density at radius 1 is 0.440 bits per heavy atom. The summed E-state index contributed by atoms with van der Waals surface area (Å²) < 4.78 is 0. The first-order chi connectivity index (χ1) is 12.2. The third-order valence-corrected chi connectivity index (χ3v) is 5.97. The van der Waals surface area contributed by atoms with Crippen molar-refractivity contribution in [1.29, 1.82) is 0 Å². The Kier molecular flexibility index (Phi) is 20.3. The largest absolute Gasteiger partial charge is 0.0654 e. The molecule has 25 heavy (non-hydrogen) atoms. The predicted molar refractivity (Wildman–Crippen MR) is 117 cm³/mol. The van der Waals surface area contributed by atoms with E-state index in [1.165, 1.54) is 122 Å². The molecule has 0 saturated heterocycles. The second kappa shape index (κ2) is 20.3. The first kappa shape index (κ1) is 25.0. The third-order valence-electron chi connectivity index (χ3n) is 5.97. The molecule has 0 amide bonds. The lowest BCUT2D eigenvalue weighted by Gasteiger charge is -2.21. The lowest BCUT2D eigenvalue weighted by atomic mass is 9.85. The lowest BCUT2D eigenvalue weighted by Crippen LogP contribution is -2.07. The van der Waals surface area contributed by atoms with Gasteiger partial charge in [0, 0.05) is 0 Å². The Labute approximate surface area is 161 Å². The molecule has 2 atom stereocenters. The van der Waals surface area contributed by atoms with E-state index in [4.69, 9.17) is 0 Å². The molecule has 0 aliphatic rings. The van der Waals surface area contributed by atoms with Gasteiger partial charge in [0.15, 0.2) is 0 Å². The summed E-state index contributed by atoms with van der Waals surface area (Å²) in [6.07, 6.45) is 27.7. The number of hydrogen-bond donors (Lipinski definition) is 0. The molecular formula is C25H52. The molecule has 2 unspecified atom stereocenters. The highest BCUT2D eigenvalue weighted by molar-refractivity contribution is 4.66. The van der Waals surface area contributed by atoms with Gasteiger partial charge in [0.05, 0.1) is 0 Å². The van der Waals surface area contributed by atoms with Crippen LogP contribution in [0.5, 0.6) is 0 Å². The van der Waals surface area contributed by atoms with Crippen molar-refractivity contribution in [3.63, 3.8) is 0 Å². The fraction of sp³-hybridized carbons (Fsp3) is 1.00. The zero-order valence-corrected chi connectivity index (χ0v) is 18.6. The standard InChI is InChI=1S/C25H52/c1-5-8-11-14-16-17-20-24(4)23-25(21-18-13-10-7-3)22-19-15-12-9-6-2/h24-25H,5-23H2,1-4H3. The predicted octanol–water partition coefficient (Wildman–Crippen LogP) is 9.71. The van der Waals surface area contributed by atoms with E-state index in [2.05, 4.69) is 27.7 Å². The SMILES string of the molecule is CCCCCCCCC(C)CC(CCCCCC)CCCCCCC. The smallest absolute Gasteiger partial charge is 0.0412 e. The zero-order chi connectivity index (χ0) is 18.6. The Balaban J connectivity index is 3.90. The van der Waals surface area contributed by atoms with E-state index in [1.807, 2.05) is 0 Å². The van der Waals surface area contributed by atoms with Crippen molar-refractivity contribution in [2.75, 3.05) is 0 Å². The van der Waals surface area contributed by atoms with Crippen LogP contribution in [0.15, 0.2) is 0 Å². The van der Waals surface area contributed by atoms with Gasteiger partial charge in [-0.25, -0.2) is 0 Å². The van der Waals surface area contributed by atoms with Crippen molar-refractivity contribution in [2.45, 2.75) is 150 Å². The van der Waals surface area contributed by atoms with E-state index in [1.54, 1.807) is 0 Å². The quantitative estimate of drug-likeness (QED) is 0.191. The average molecular weight is 353 g/mol. The molecule has 0 N–H and O–H groups in total. The van der Waals surface area contributed by atoms with Gasteiger partial charge in [-0.1, -0.05) is 143 Å². The number of hydrogen-bond acceptors (Lipinski definition) is 0. The fourth-order valence-corrected chi connectivity index (χ4v) is 4.24. The van der Waals surface area contributed by atoms with Crippen LogP contribution in [0.25, 0.3) is 0 Å². The molecule has 0 nitrogen and oxygen atoms in total. The Bertz CT molecular complexity index is 232. The van der Waals surface area contributed by atoms with Gasteiger partial charge in [0.25, 0.3) is 0 Å². The van der Waals surface area contributed by atoms with E-state index in [9.17, 15) is 0 Å². The van der Waals surface area contributed by atoms with Gasteiger partial charge >= 0.3 is 0 Å². The average Bonchev–Trinajstić information content (AvgIpc) is 2.61. The summed E-state index contributed by atoms with van der Waals surface area (Å²) in [6, 6.07) is 0. The van der Waals surface area contributed by atoms with E-state index >= 15 is 0 Å². The van der Waals surface area contributed by atoms with Gasteiger partial charge in [-0.05, 0) is 18.3 Å². The summed E-state index contributed by atoms with van der Waals surface area (Å²) in [7, 11) is 0. The maximum absolute atomic E-state index is 2.53. The molecule has 0 aliphatic heterocycles. The van der Waals surface area contributed by atoms with Crippen LogP contribution in [0.1, 0.15) is 150 Å². The zero-order valence-electron chi connectivity index (χ0n) is 18.6. The van der Waals surface area contributed by atoms with Crippen LogP contribution in [-0.2, 0) is 0 Å². The highest BCUT2D eigenvalue weighted by atomic mass is 14.2. The number of unbranched alkanes of at least 4 members (excludes halogenated alkanes) is 12. The van der Waals surface area contributed by atoms with Crippen LogP contribution in [0.3, 0.4) is 0 Å². The molecule has 0 spiro atoms. The molecule has 0 bridgehead atoms. The number of rotatable bonds is 20. The Morgan fingerprint density at radius 3 is 1.28 bits per heavy atom. The molecule has 0 rings (SSSR count). The molecule has 0 radical (unpaired) electrons. The van der Waals surface area contributed by atoms with Gasteiger partial charge in [-0.15, -0.1) is 0 Å². The molecule has 0 fully saturated rings. The van der Waals surface area contributed by atoms with E-state index in [0.717, 1.165) is 11.8 Å². The van der Waals surface area contributed by atoms with E-state index in [0.29, 0.717) is 0 Å². The first-order valence-corrected chi connectivity index (χ1v) is 12.2. The third kappa shape index (κ3) is 18.6. The monoisotopic (exact) mass is 352 g/mol. The van der Waals surface area contributed by atoms with Crippen LogP contribution in [0.2, 0.25) is 0 Å². The minimum atomic E-state index is 0.956. The van der Waals surface area contributed by atoms with Gasteiger partial charge in [0.1, 0.15) is 0 Å². The minimum Gasteiger partial charge on any atom is -0.0654 e. The summed E-state index contributed by atoms with van der Waals surface area (Å²) in [5.41, 5.74) is 0. The van der Waals surface area contributed by atoms with E-state index < -0.39 is 0 Å². The Morgan fingerprint density at radius 2 is 0.800 bits per heavy atom. The molecule has 0 heterocycles. The summed E-state index contributed by atoms with van der Waals surface area (Å²) in [6.45, 7) is 9.49. The van der Waals surface area contributed by atoms with Gasteiger partial charge < -0.3 is 0 Å². The highest BCUT2D eigenvalue weighted by Crippen LogP contribution is 2.27. The fourth-order valence-electron chi connectivity index (χ4n) is 4.24. The van der Waals surface area contributed by atoms with Crippen molar-refractivity contribution >= 4 is 0 Å². The van der Waals surface area contributed by atoms with Crippen LogP contribution < -0.4 is 0 Å². The van der Waals surface area contributed by atoms with Crippen LogP contribution >= 0.6 is 0 Å².